The highest BCUT2D eigenvalue weighted by Gasteiger charge is 2.09. The van der Waals surface area contributed by atoms with Crippen LogP contribution < -0.4 is 10.6 Å². The summed E-state index contributed by atoms with van der Waals surface area (Å²) >= 11 is 11.0. The summed E-state index contributed by atoms with van der Waals surface area (Å²) < 4.78 is 4.86. The maximum absolute atomic E-state index is 11.6. The van der Waals surface area contributed by atoms with Crippen LogP contribution in [0.3, 0.4) is 0 Å². The molecule has 7 heteroatoms. The molecular formula is C13H18ClN3O2S. The van der Waals surface area contributed by atoms with Crippen molar-refractivity contribution < 1.29 is 9.53 Å². The summed E-state index contributed by atoms with van der Waals surface area (Å²) in [6, 6.07) is 7.18. The predicted molar refractivity (Wildman–Crippen MR) is 85.2 cm³/mol. The average molecular weight is 316 g/mol. The number of hydrogen-bond acceptors (Lipinski definition) is 3. The number of nitrogens with one attached hydrogen (secondary N) is 2. The smallest absolute Gasteiger partial charge is 0.239 e. The zero-order chi connectivity index (χ0) is 15.0. The van der Waals surface area contributed by atoms with Gasteiger partial charge in [-0.25, -0.2) is 0 Å². The lowest BCUT2D eigenvalue weighted by Gasteiger charge is -2.20. The highest BCUT2D eigenvalue weighted by Crippen LogP contribution is 2.13. The second kappa shape index (κ2) is 8.73. The highest BCUT2D eigenvalue weighted by atomic mass is 35.5. The Bertz CT molecular complexity index is 453. The molecule has 0 radical (unpaired) electrons. The number of benzene rings is 1. The Morgan fingerprint density at radius 2 is 2.05 bits per heavy atom. The van der Waals surface area contributed by atoms with Crippen LogP contribution in [0.15, 0.2) is 24.3 Å². The zero-order valence-corrected chi connectivity index (χ0v) is 13.1. The summed E-state index contributed by atoms with van der Waals surface area (Å²) in [6.45, 7) is 1.16. The van der Waals surface area contributed by atoms with Crippen molar-refractivity contribution in [2.24, 2.45) is 0 Å². The minimum atomic E-state index is -0.107. The van der Waals surface area contributed by atoms with Crippen LogP contribution in [-0.2, 0) is 9.53 Å². The summed E-state index contributed by atoms with van der Waals surface area (Å²) in [5.74, 6) is -0.107. The van der Waals surface area contributed by atoms with E-state index in [1.54, 1.807) is 31.2 Å². The van der Waals surface area contributed by atoms with Crippen molar-refractivity contribution >= 4 is 40.5 Å². The molecule has 5 nitrogen and oxygen atoms in total. The Kier molecular flexibility index (Phi) is 7.28. The van der Waals surface area contributed by atoms with Crippen LogP contribution in [0.5, 0.6) is 0 Å². The molecule has 0 aliphatic heterocycles. The fraction of sp³-hybridized carbons (Fsp3) is 0.385. The molecule has 1 amide bonds. The fourth-order valence-corrected chi connectivity index (χ4v) is 1.70. The predicted octanol–water partition coefficient (Wildman–Crippen LogP) is 1.73. The SMILES string of the molecule is COCCNC(=O)CN(C)C(=S)Nc1ccc(Cl)cc1. The molecule has 0 spiro atoms. The summed E-state index contributed by atoms with van der Waals surface area (Å²) in [7, 11) is 3.34. The van der Waals surface area contributed by atoms with E-state index in [4.69, 9.17) is 28.6 Å². The number of nitrogens with zero attached hydrogens (tertiary/aromatic N) is 1. The van der Waals surface area contributed by atoms with E-state index in [0.29, 0.717) is 23.3 Å². The molecule has 0 saturated carbocycles. The van der Waals surface area contributed by atoms with Crippen molar-refractivity contribution in [3.05, 3.63) is 29.3 Å². The third kappa shape index (κ3) is 6.18. The second-order valence-electron chi connectivity index (χ2n) is 4.14. The number of rotatable bonds is 6. The van der Waals surface area contributed by atoms with Crippen LogP contribution in [0.4, 0.5) is 5.69 Å². The lowest BCUT2D eigenvalue weighted by atomic mass is 10.3. The van der Waals surface area contributed by atoms with Gasteiger partial charge in [-0.15, -0.1) is 0 Å². The minimum Gasteiger partial charge on any atom is -0.383 e. The lowest BCUT2D eigenvalue weighted by Crippen LogP contribution is -2.41. The molecule has 0 fully saturated rings. The first-order chi connectivity index (χ1) is 9.52. The van der Waals surface area contributed by atoms with E-state index in [-0.39, 0.29) is 12.5 Å². The van der Waals surface area contributed by atoms with Crippen LogP contribution >= 0.6 is 23.8 Å². The molecule has 0 saturated heterocycles. The summed E-state index contributed by atoms with van der Waals surface area (Å²) in [5, 5.41) is 6.89. The molecule has 20 heavy (non-hydrogen) atoms. The molecule has 0 aliphatic rings. The van der Waals surface area contributed by atoms with Gasteiger partial charge in [0, 0.05) is 31.4 Å². The number of hydrogen-bond donors (Lipinski definition) is 2. The first-order valence-electron chi connectivity index (χ1n) is 6.06. The molecule has 1 aromatic carbocycles. The topological polar surface area (TPSA) is 53.6 Å². The molecule has 110 valence electrons. The standard InChI is InChI=1S/C13H18ClN3O2S/c1-17(9-12(18)15-7-8-19-2)13(20)16-11-5-3-10(14)4-6-11/h3-6H,7-9H2,1-2H3,(H,15,18)(H,16,20). The normalized spacial score (nSPS) is 9.95. The number of likely N-dealkylation sites (N-methyl/N-ethyl adjacent to an activating group) is 1. The minimum absolute atomic E-state index is 0.107. The van der Waals surface area contributed by atoms with E-state index in [1.807, 2.05) is 12.1 Å². The number of carbonyl (C=O) groups excluding carboxylic acids is 1. The maximum atomic E-state index is 11.6. The zero-order valence-electron chi connectivity index (χ0n) is 11.5. The van der Waals surface area contributed by atoms with Crippen LogP contribution in [0, 0.1) is 0 Å². The molecule has 0 bridgehead atoms. The molecule has 0 heterocycles. The summed E-state index contributed by atoms with van der Waals surface area (Å²) in [6.07, 6.45) is 0. The second-order valence-corrected chi connectivity index (χ2v) is 4.96. The molecule has 1 rings (SSSR count). The summed E-state index contributed by atoms with van der Waals surface area (Å²) in [4.78, 5) is 13.3. The molecule has 0 aromatic heterocycles. The number of amides is 1. The monoisotopic (exact) mass is 315 g/mol. The maximum Gasteiger partial charge on any atom is 0.239 e. The van der Waals surface area contributed by atoms with Gasteiger partial charge in [0.15, 0.2) is 5.11 Å². The van der Waals surface area contributed by atoms with Gasteiger partial charge in [0.2, 0.25) is 5.91 Å². The molecular weight excluding hydrogens is 298 g/mol. The number of anilines is 1. The van der Waals surface area contributed by atoms with Crippen molar-refractivity contribution in [3.8, 4) is 0 Å². The van der Waals surface area contributed by atoms with E-state index in [0.717, 1.165) is 5.69 Å². The van der Waals surface area contributed by atoms with Crippen molar-refractivity contribution in [1.29, 1.82) is 0 Å². The third-order valence-corrected chi connectivity index (χ3v) is 3.12. The molecule has 2 N–H and O–H groups in total. The third-order valence-electron chi connectivity index (χ3n) is 2.45. The van der Waals surface area contributed by atoms with Gasteiger partial charge in [-0.2, -0.15) is 0 Å². The van der Waals surface area contributed by atoms with Crippen LogP contribution in [0.1, 0.15) is 0 Å². The van der Waals surface area contributed by atoms with E-state index >= 15 is 0 Å². The Labute approximate surface area is 129 Å². The Balaban J connectivity index is 2.38. The molecule has 1 aromatic rings. The number of thiocarbonyl (C=S) groups is 1. The Morgan fingerprint density at radius 3 is 2.65 bits per heavy atom. The lowest BCUT2D eigenvalue weighted by molar-refractivity contribution is -0.121. The van der Waals surface area contributed by atoms with Crippen molar-refractivity contribution in [3.63, 3.8) is 0 Å². The van der Waals surface area contributed by atoms with Crippen molar-refractivity contribution in [2.45, 2.75) is 0 Å². The first-order valence-corrected chi connectivity index (χ1v) is 6.85. The van der Waals surface area contributed by atoms with E-state index in [1.165, 1.54) is 0 Å². The van der Waals surface area contributed by atoms with E-state index in [9.17, 15) is 4.79 Å². The van der Waals surface area contributed by atoms with Gasteiger partial charge in [0.1, 0.15) is 0 Å². The van der Waals surface area contributed by atoms with E-state index in [2.05, 4.69) is 10.6 Å². The van der Waals surface area contributed by atoms with Gasteiger partial charge >= 0.3 is 0 Å². The average Bonchev–Trinajstić information content (AvgIpc) is 2.41. The Hall–Kier alpha value is -1.37. The molecule has 0 atom stereocenters. The van der Waals surface area contributed by atoms with Crippen LogP contribution in [0.2, 0.25) is 5.02 Å². The van der Waals surface area contributed by atoms with Gasteiger partial charge in [-0.1, -0.05) is 11.6 Å². The number of halogens is 1. The Morgan fingerprint density at radius 1 is 1.40 bits per heavy atom. The van der Waals surface area contributed by atoms with Crippen molar-refractivity contribution in [2.75, 3.05) is 39.2 Å². The van der Waals surface area contributed by atoms with Crippen LogP contribution in [0.25, 0.3) is 0 Å². The number of ether oxygens (including phenoxy) is 1. The number of carbonyl (C=O) groups is 1. The van der Waals surface area contributed by atoms with Gasteiger partial charge in [-0.3, -0.25) is 4.79 Å². The first kappa shape index (κ1) is 16.7. The van der Waals surface area contributed by atoms with Gasteiger partial charge in [-0.05, 0) is 36.5 Å². The van der Waals surface area contributed by atoms with Crippen LogP contribution in [-0.4, -0.2) is 49.8 Å². The molecule has 0 unspecified atom stereocenters. The van der Waals surface area contributed by atoms with Gasteiger partial charge in [0.25, 0.3) is 0 Å². The fourth-order valence-electron chi connectivity index (χ4n) is 1.39. The van der Waals surface area contributed by atoms with E-state index < -0.39 is 0 Å². The van der Waals surface area contributed by atoms with Gasteiger partial charge in [0.05, 0.1) is 13.2 Å². The molecule has 0 aliphatic carbocycles. The largest absolute Gasteiger partial charge is 0.383 e. The van der Waals surface area contributed by atoms with Crippen molar-refractivity contribution in [1.82, 2.24) is 10.2 Å². The van der Waals surface area contributed by atoms with Gasteiger partial charge < -0.3 is 20.3 Å². The summed E-state index contributed by atoms with van der Waals surface area (Å²) in [5.41, 5.74) is 0.825. The highest BCUT2D eigenvalue weighted by molar-refractivity contribution is 7.80. The number of methoxy groups -OCH3 is 1. The quantitative estimate of drug-likeness (QED) is 0.618.